The molecule has 2 heterocycles. The summed E-state index contributed by atoms with van der Waals surface area (Å²) in [6.45, 7) is 1.69. The highest BCUT2D eigenvalue weighted by atomic mass is 19.1. The van der Waals surface area contributed by atoms with Crippen molar-refractivity contribution in [2.45, 2.75) is 19.2 Å². The molecule has 1 amide bonds. The SMILES string of the molecule is COc1cc(CN2CC(=O)N(Cc3cccnc3)CC(O)C2)ccc1F. The van der Waals surface area contributed by atoms with E-state index in [2.05, 4.69) is 4.98 Å². The number of hydrogen-bond acceptors (Lipinski definition) is 5. The minimum atomic E-state index is -0.652. The summed E-state index contributed by atoms with van der Waals surface area (Å²) in [6.07, 6.45) is 2.74. The molecule has 2 aromatic rings. The van der Waals surface area contributed by atoms with Crippen molar-refractivity contribution in [3.8, 4) is 5.75 Å². The maximum atomic E-state index is 13.6. The van der Waals surface area contributed by atoms with Crippen LogP contribution in [0.1, 0.15) is 11.1 Å². The number of β-amino-alcohol motifs (C(OH)–C–C–N with tert-alkyl or cyclic N) is 1. The lowest BCUT2D eigenvalue weighted by Gasteiger charge is -2.21. The molecular formula is C19H22FN3O3. The van der Waals surface area contributed by atoms with Crippen LogP contribution in [0, 0.1) is 5.82 Å². The van der Waals surface area contributed by atoms with Gasteiger partial charge in [-0.3, -0.25) is 14.7 Å². The van der Waals surface area contributed by atoms with Gasteiger partial charge in [0.2, 0.25) is 5.91 Å². The van der Waals surface area contributed by atoms with Crippen molar-refractivity contribution in [2.24, 2.45) is 0 Å². The van der Waals surface area contributed by atoms with E-state index in [0.717, 1.165) is 11.1 Å². The van der Waals surface area contributed by atoms with Crippen LogP contribution in [0.15, 0.2) is 42.7 Å². The standard InChI is InChI=1S/C19H22FN3O3/c1-26-18-7-14(4-5-17(18)20)9-22-11-16(24)12-23(19(25)13-22)10-15-3-2-6-21-8-15/h2-8,16,24H,9-13H2,1H3. The van der Waals surface area contributed by atoms with E-state index in [0.29, 0.717) is 19.6 Å². The Kier molecular flexibility index (Phi) is 5.80. The number of benzene rings is 1. The fourth-order valence-corrected chi connectivity index (χ4v) is 3.11. The summed E-state index contributed by atoms with van der Waals surface area (Å²) in [7, 11) is 1.41. The third-order valence-electron chi connectivity index (χ3n) is 4.33. The van der Waals surface area contributed by atoms with Crippen LogP contribution in [0.2, 0.25) is 0 Å². The Bertz CT molecular complexity index is 757. The molecule has 1 aromatic carbocycles. The molecule has 0 bridgehead atoms. The van der Waals surface area contributed by atoms with Gasteiger partial charge < -0.3 is 14.7 Å². The van der Waals surface area contributed by atoms with Crippen molar-refractivity contribution in [1.29, 1.82) is 0 Å². The van der Waals surface area contributed by atoms with Gasteiger partial charge >= 0.3 is 0 Å². The van der Waals surface area contributed by atoms with Crippen LogP contribution in [0.5, 0.6) is 5.75 Å². The third-order valence-corrected chi connectivity index (χ3v) is 4.33. The van der Waals surface area contributed by atoms with Crippen molar-refractivity contribution in [2.75, 3.05) is 26.7 Å². The van der Waals surface area contributed by atoms with Crippen molar-refractivity contribution in [3.63, 3.8) is 0 Å². The average Bonchev–Trinajstić information content (AvgIpc) is 2.75. The van der Waals surface area contributed by atoms with Gasteiger partial charge in [0.25, 0.3) is 0 Å². The second-order valence-corrected chi connectivity index (χ2v) is 6.43. The summed E-state index contributed by atoms with van der Waals surface area (Å²) in [5.74, 6) is -0.312. The fraction of sp³-hybridized carbons (Fsp3) is 0.368. The summed E-state index contributed by atoms with van der Waals surface area (Å²) in [4.78, 5) is 20.2. The van der Waals surface area contributed by atoms with E-state index in [1.165, 1.54) is 13.2 Å². The van der Waals surface area contributed by atoms with Gasteiger partial charge in [0.1, 0.15) is 0 Å². The van der Waals surface area contributed by atoms with E-state index < -0.39 is 11.9 Å². The molecule has 1 saturated heterocycles. The van der Waals surface area contributed by atoms with E-state index in [-0.39, 0.29) is 24.7 Å². The Morgan fingerprint density at radius 2 is 2.12 bits per heavy atom. The number of ether oxygens (including phenoxy) is 1. The van der Waals surface area contributed by atoms with Crippen molar-refractivity contribution < 1.29 is 19.0 Å². The fourth-order valence-electron chi connectivity index (χ4n) is 3.11. The van der Waals surface area contributed by atoms with Crippen LogP contribution in [0.25, 0.3) is 0 Å². The first-order valence-corrected chi connectivity index (χ1v) is 8.44. The molecule has 1 N–H and O–H groups in total. The monoisotopic (exact) mass is 359 g/mol. The lowest BCUT2D eigenvalue weighted by molar-refractivity contribution is -0.132. The van der Waals surface area contributed by atoms with Gasteiger partial charge in [-0.05, 0) is 29.3 Å². The van der Waals surface area contributed by atoms with Crippen LogP contribution >= 0.6 is 0 Å². The molecule has 6 nitrogen and oxygen atoms in total. The molecule has 0 spiro atoms. The van der Waals surface area contributed by atoms with Gasteiger partial charge in [0.15, 0.2) is 11.6 Å². The number of methoxy groups -OCH3 is 1. The Morgan fingerprint density at radius 3 is 2.85 bits per heavy atom. The van der Waals surface area contributed by atoms with E-state index in [9.17, 15) is 14.3 Å². The second-order valence-electron chi connectivity index (χ2n) is 6.43. The van der Waals surface area contributed by atoms with Crippen molar-refractivity contribution >= 4 is 5.91 Å². The van der Waals surface area contributed by atoms with Gasteiger partial charge in [-0.15, -0.1) is 0 Å². The van der Waals surface area contributed by atoms with Gasteiger partial charge in [0.05, 0.1) is 19.8 Å². The minimum absolute atomic E-state index is 0.0560. The predicted octanol–water partition coefficient (Wildman–Crippen LogP) is 1.43. The number of pyridine rings is 1. The smallest absolute Gasteiger partial charge is 0.237 e. The summed E-state index contributed by atoms with van der Waals surface area (Å²) >= 11 is 0. The number of aliphatic hydroxyl groups excluding tert-OH is 1. The highest BCUT2D eigenvalue weighted by molar-refractivity contribution is 5.78. The summed E-state index contributed by atoms with van der Waals surface area (Å²) < 4.78 is 18.6. The van der Waals surface area contributed by atoms with Gasteiger partial charge in [-0.25, -0.2) is 4.39 Å². The van der Waals surface area contributed by atoms with Crippen LogP contribution < -0.4 is 4.74 Å². The second kappa shape index (κ2) is 8.25. The summed E-state index contributed by atoms with van der Waals surface area (Å²) in [5.41, 5.74) is 1.74. The zero-order chi connectivity index (χ0) is 18.5. The molecule has 1 aliphatic rings. The highest BCUT2D eigenvalue weighted by Crippen LogP contribution is 2.20. The van der Waals surface area contributed by atoms with Gasteiger partial charge in [0, 0.05) is 38.6 Å². The van der Waals surface area contributed by atoms with Crippen LogP contribution in [0.3, 0.4) is 0 Å². The average molecular weight is 359 g/mol. The Balaban J connectivity index is 1.68. The lowest BCUT2D eigenvalue weighted by Crippen LogP contribution is -2.36. The maximum Gasteiger partial charge on any atom is 0.237 e. The molecule has 1 aliphatic heterocycles. The zero-order valence-electron chi connectivity index (χ0n) is 14.6. The normalized spacial score (nSPS) is 18.7. The molecule has 1 aromatic heterocycles. The largest absolute Gasteiger partial charge is 0.494 e. The Labute approximate surface area is 151 Å². The van der Waals surface area contributed by atoms with Gasteiger partial charge in [-0.2, -0.15) is 0 Å². The number of rotatable bonds is 5. The quantitative estimate of drug-likeness (QED) is 0.875. The molecule has 138 valence electrons. The predicted molar refractivity (Wildman–Crippen MR) is 93.9 cm³/mol. The lowest BCUT2D eigenvalue weighted by atomic mass is 10.2. The Morgan fingerprint density at radius 1 is 1.27 bits per heavy atom. The number of aliphatic hydroxyl groups is 1. The number of amides is 1. The number of aromatic nitrogens is 1. The zero-order valence-corrected chi connectivity index (χ0v) is 14.6. The van der Waals surface area contributed by atoms with Crippen LogP contribution in [-0.4, -0.2) is 58.6 Å². The number of carbonyl (C=O) groups is 1. The van der Waals surface area contributed by atoms with E-state index in [1.54, 1.807) is 29.4 Å². The molecule has 26 heavy (non-hydrogen) atoms. The molecule has 7 heteroatoms. The maximum absolute atomic E-state index is 13.6. The number of halogens is 1. The Hall–Kier alpha value is -2.51. The molecule has 1 fully saturated rings. The summed E-state index contributed by atoms with van der Waals surface area (Å²) in [5, 5.41) is 10.3. The molecule has 0 aliphatic carbocycles. The van der Waals surface area contributed by atoms with Crippen LogP contribution in [-0.2, 0) is 17.9 Å². The first-order valence-electron chi connectivity index (χ1n) is 8.44. The summed E-state index contributed by atoms with van der Waals surface area (Å²) in [6, 6.07) is 8.35. The number of carbonyl (C=O) groups excluding carboxylic acids is 1. The van der Waals surface area contributed by atoms with E-state index in [4.69, 9.17) is 4.74 Å². The van der Waals surface area contributed by atoms with Crippen molar-refractivity contribution in [1.82, 2.24) is 14.8 Å². The van der Waals surface area contributed by atoms with E-state index >= 15 is 0 Å². The number of nitrogens with zero attached hydrogens (tertiary/aromatic N) is 3. The molecule has 1 unspecified atom stereocenters. The topological polar surface area (TPSA) is 65.9 Å². The molecule has 0 saturated carbocycles. The highest BCUT2D eigenvalue weighted by Gasteiger charge is 2.27. The molecule has 0 radical (unpaired) electrons. The molecule has 1 atom stereocenters. The molecule has 3 rings (SSSR count). The first kappa shape index (κ1) is 18.3. The van der Waals surface area contributed by atoms with Crippen LogP contribution in [0.4, 0.5) is 4.39 Å². The van der Waals surface area contributed by atoms with Crippen molar-refractivity contribution in [3.05, 3.63) is 59.7 Å². The number of hydrogen-bond donors (Lipinski definition) is 1. The molecular weight excluding hydrogens is 337 g/mol. The van der Waals surface area contributed by atoms with E-state index in [1.807, 2.05) is 17.0 Å². The third kappa shape index (κ3) is 4.56. The minimum Gasteiger partial charge on any atom is -0.494 e. The van der Waals surface area contributed by atoms with Gasteiger partial charge in [-0.1, -0.05) is 12.1 Å². The first-order chi connectivity index (χ1) is 12.5.